The highest BCUT2D eigenvalue weighted by Crippen LogP contribution is 2.37. The monoisotopic (exact) mass is 403 g/mol. The Kier molecular flexibility index (Phi) is 4.97. The van der Waals surface area contributed by atoms with E-state index in [1.54, 1.807) is 0 Å². The van der Waals surface area contributed by atoms with E-state index in [4.69, 9.17) is 9.72 Å². The summed E-state index contributed by atoms with van der Waals surface area (Å²) in [5, 5.41) is 0. The fraction of sp³-hybridized carbons (Fsp3) is 0.440. The molecule has 1 unspecified atom stereocenters. The van der Waals surface area contributed by atoms with Gasteiger partial charge in [-0.3, -0.25) is 4.79 Å². The molecule has 0 spiro atoms. The van der Waals surface area contributed by atoms with Crippen molar-refractivity contribution >= 4 is 16.9 Å². The molecule has 3 aromatic rings. The third-order valence-corrected chi connectivity index (χ3v) is 6.53. The summed E-state index contributed by atoms with van der Waals surface area (Å²) in [5.41, 5.74) is 4.62. The van der Waals surface area contributed by atoms with Gasteiger partial charge in [0.1, 0.15) is 11.6 Å². The number of rotatable bonds is 7. The van der Waals surface area contributed by atoms with Gasteiger partial charge >= 0.3 is 0 Å². The summed E-state index contributed by atoms with van der Waals surface area (Å²) in [7, 11) is 0. The van der Waals surface area contributed by atoms with Crippen LogP contribution < -0.4 is 4.74 Å². The number of benzene rings is 2. The van der Waals surface area contributed by atoms with Gasteiger partial charge in [0.15, 0.2) is 0 Å². The molecule has 5 rings (SSSR count). The summed E-state index contributed by atoms with van der Waals surface area (Å²) >= 11 is 0. The molecule has 156 valence electrons. The van der Waals surface area contributed by atoms with Crippen LogP contribution in [0.15, 0.2) is 42.5 Å². The molecule has 1 aliphatic heterocycles. The summed E-state index contributed by atoms with van der Waals surface area (Å²) < 4.78 is 8.39. The van der Waals surface area contributed by atoms with Crippen LogP contribution in [0.4, 0.5) is 0 Å². The quantitative estimate of drug-likeness (QED) is 0.542. The van der Waals surface area contributed by atoms with Crippen molar-refractivity contribution in [2.24, 2.45) is 0 Å². The topological polar surface area (TPSA) is 47.4 Å². The molecule has 1 atom stereocenters. The second-order valence-electron chi connectivity index (χ2n) is 8.69. The lowest BCUT2D eigenvalue weighted by Crippen LogP contribution is -2.27. The number of ether oxygens (including phenoxy) is 1. The van der Waals surface area contributed by atoms with Crippen LogP contribution in [0.25, 0.3) is 11.0 Å². The summed E-state index contributed by atoms with van der Waals surface area (Å²) in [6.07, 6.45) is 3.79. The smallest absolute Gasteiger partial charge is 0.223 e. The number of carbonyl (C=O) groups is 1. The maximum Gasteiger partial charge on any atom is 0.223 e. The van der Waals surface area contributed by atoms with Crippen molar-refractivity contribution in [2.45, 2.75) is 58.0 Å². The van der Waals surface area contributed by atoms with Gasteiger partial charge in [-0.05, 0) is 62.4 Å². The number of carbonyl (C=O) groups excluding carboxylic acids is 1. The molecule has 30 heavy (non-hydrogen) atoms. The molecule has 2 fully saturated rings. The standard InChI is InChI=1S/C25H29N3O2/c1-17-7-5-10-23(18(17)2)30-14-6-13-27-22-9-4-3-8-21(22)26-25(27)19-15-24(29)28(16-19)20-11-12-20/h3-5,7-10,19-20H,6,11-16H2,1-2H3. The van der Waals surface area contributed by atoms with E-state index >= 15 is 0 Å². The van der Waals surface area contributed by atoms with Crippen molar-refractivity contribution < 1.29 is 9.53 Å². The Morgan fingerprint density at radius 2 is 1.93 bits per heavy atom. The van der Waals surface area contributed by atoms with Gasteiger partial charge in [-0.1, -0.05) is 24.3 Å². The van der Waals surface area contributed by atoms with E-state index < -0.39 is 0 Å². The van der Waals surface area contributed by atoms with E-state index in [1.807, 2.05) is 18.2 Å². The number of hydrogen-bond acceptors (Lipinski definition) is 3. The molecule has 2 aliphatic rings. The molecule has 0 N–H and O–H groups in total. The third kappa shape index (κ3) is 3.57. The summed E-state index contributed by atoms with van der Waals surface area (Å²) in [5.74, 6) is 2.50. The van der Waals surface area contributed by atoms with E-state index in [1.165, 1.54) is 11.1 Å². The van der Waals surface area contributed by atoms with Gasteiger partial charge in [0, 0.05) is 31.5 Å². The van der Waals surface area contributed by atoms with Gasteiger partial charge in [-0.2, -0.15) is 0 Å². The van der Waals surface area contributed by atoms with Gasteiger partial charge in [-0.15, -0.1) is 0 Å². The summed E-state index contributed by atoms with van der Waals surface area (Å²) in [6.45, 7) is 6.53. The van der Waals surface area contributed by atoms with Crippen LogP contribution in [0.2, 0.25) is 0 Å². The van der Waals surface area contributed by atoms with Crippen molar-refractivity contribution in [3.63, 3.8) is 0 Å². The average molecular weight is 404 g/mol. The number of aromatic nitrogens is 2. The molecule has 5 nitrogen and oxygen atoms in total. The van der Waals surface area contributed by atoms with Gasteiger partial charge in [-0.25, -0.2) is 4.98 Å². The van der Waals surface area contributed by atoms with Gasteiger partial charge in [0.25, 0.3) is 0 Å². The molecule has 1 saturated carbocycles. The Morgan fingerprint density at radius 3 is 2.77 bits per heavy atom. The molecule has 1 saturated heterocycles. The highest BCUT2D eigenvalue weighted by molar-refractivity contribution is 5.81. The van der Waals surface area contributed by atoms with Crippen molar-refractivity contribution in [2.75, 3.05) is 13.2 Å². The minimum atomic E-state index is 0.186. The maximum atomic E-state index is 12.5. The zero-order valence-electron chi connectivity index (χ0n) is 17.8. The number of hydrogen-bond donors (Lipinski definition) is 0. The second-order valence-corrected chi connectivity index (χ2v) is 8.69. The lowest BCUT2D eigenvalue weighted by Gasteiger charge is -2.17. The van der Waals surface area contributed by atoms with E-state index in [-0.39, 0.29) is 5.92 Å². The molecule has 1 aromatic heterocycles. The minimum Gasteiger partial charge on any atom is -0.493 e. The number of nitrogens with zero attached hydrogens (tertiary/aromatic N) is 3. The van der Waals surface area contributed by atoms with E-state index in [0.717, 1.165) is 55.0 Å². The lowest BCUT2D eigenvalue weighted by molar-refractivity contribution is -0.128. The first-order valence-corrected chi connectivity index (χ1v) is 11.1. The van der Waals surface area contributed by atoms with Crippen LogP contribution >= 0.6 is 0 Å². The third-order valence-electron chi connectivity index (χ3n) is 6.53. The number of imidazole rings is 1. The molecular weight excluding hydrogens is 374 g/mol. The zero-order chi connectivity index (χ0) is 20.7. The number of likely N-dealkylation sites (tertiary alicyclic amines) is 1. The molecule has 1 amide bonds. The molecular formula is C25H29N3O2. The zero-order valence-corrected chi connectivity index (χ0v) is 17.8. The van der Waals surface area contributed by atoms with Gasteiger partial charge in [0.2, 0.25) is 5.91 Å². The molecule has 0 radical (unpaired) electrons. The first-order valence-electron chi connectivity index (χ1n) is 11.1. The van der Waals surface area contributed by atoms with E-state index in [9.17, 15) is 4.79 Å². The first kappa shape index (κ1) is 19.2. The molecule has 5 heteroatoms. The van der Waals surface area contributed by atoms with Crippen LogP contribution in [-0.4, -0.2) is 39.6 Å². The van der Waals surface area contributed by atoms with Crippen LogP contribution in [0.3, 0.4) is 0 Å². The second kappa shape index (κ2) is 7.78. The Hall–Kier alpha value is -2.82. The Labute approximate surface area is 177 Å². The largest absolute Gasteiger partial charge is 0.493 e. The van der Waals surface area contributed by atoms with Crippen molar-refractivity contribution in [1.29, 1.82) is 0 Å². The summed E-state index contributed by atoms with van der Waals surface area (Å²) in [4.78, 5) is 19.5. The molecule has 0 bridgehead atoms. The first-order chi connectivity index (χ1) is 14.6. The molecule has 2 heterocycles. The van der Waals surface area contributed by atoms with Gasteiger partial charge < -0.3 is 14.2 Å². The van der Waals surface area contributed by atoms with Crippen molar-refractivity contribution in [3.05, 3.63) is 59.4 Å². The number of amides is 1. The average Bonchev–Trinajstić information content (AvgIpc) is 3.42. The Balaban J connectivity index is 1.32. The predicted octanol–water partition coefficient (Wildman–Crippen LogP) is 4.60. The normalized spacial score (nSPS) is 19.1. The van der Waals surface area contributed by atoms with Gasteiger partial charge in [0.05, 0.1) is 17.6 Å². The lowest BCUT2D eigenvalue weighted by atomic mass is 10.1. The fourth-order valence-electron chi connectivity index (χ4n) is 4.57. The van der Waals surface area contributed by atoms with Crippen molar-refractivity contribution in [3.8, 4) is 5.75 Å². The molecule has 2 aromatic carbocycles. The predicted molar refractivity (Wildman–Crippen MR) is 118 cm³/mol. The highest BCUT2D eigenvalue weighted by Gasteiger charge is 2.41. The van der Waals surface area contributed by atoms with E-state index in [2.05, 4.69) is 47.6 Å². The van der Waals surface area contributed by atoms with Crippen LogP contribution in [-0.2, 0) is 11.3 Å². The number of fused-ring (bicyclic) bond motifs is 1. The molecule has 1 aliphatic carbocycles. The van der Waals surface area contributed by atoms with Crippen molar-refractivity contribution in [1.82, 2.24) is 14.5 Å². The summed E-state index contributed by atoms with van der Waals surface area (Å²) in [6, 6.07) is 15.0. The fourth-order valence-corrected chi connectivity index (χ4v) is 4.57. The maximum absolute atomic E-state index is 12.5. The number of para-hydroxylation sites is 2. The number of aryl methyl sites for hydroxylation is 2. The van der Waals surface area contributed by atoms with E-state index in [0.29, 0.717) is 25.0 Å². The van der Waals surface area contributed by atoms with Crippen LogP contribution in [0.1, 0.15) is 48.6 Å². The Morgan fingerprint density at radius 1 is 1.10 bits per heavy atom. The Bertz CT molecular complexity index is 1080. The van der Waals surface area contributed by atoms with Crippen LogP contribution in [0, 0.1) is 13.8 Å². The highest BCUT2D eigenvalue weighted by atomic mass is 16.5. The minimum absolute atomic E-state index is 0.186. The van der Waals surface area contributed by atoms with Crippen LogP contribution in [0.5, 0.6) is 5.75 Å². The SMILES string of the molecule is Cc1cccc(OCCCn2c(C3CC(=O)N(C4CC4)C3)nc3ccccc32)c1C.